The smallest absolute Gasteiger partial charge is 0.253 e. The molecular weight excluding hydrogens is 242 g/mol. The number of imide groups is 1. The average molecular weight is 265 g/mol. The molecule has 106 valence electrons. The molecule has 0 atom stereocenters. The highest BCUT2D eigenvalue weighted by Gasteiger charge is 2.21. The molecule has 0 saturated heterocycles. The van der Waals surface area contributed by atoms with Crippen molar-refractivity contribution in [3.05, 3.63) is 12.2 Å². The summed E-state index contributed by atoms with van der Waals surface area (Å²) in [7, 11) is 0. The zero-order chi connectivity index (χ0) is 14.1. The number of rotatable bonds is 10. The van der Waals surface area contributed by atoms with Gasteiger partial charge < -0.3 is 0 Å². The van der Waals surface area contributed by atoms with Crippen LogP contribution < -0.4 is 0 Å². The van der Waals surface area contributed by atoms with Gasteiger partial charge in [0.1, 0.15) is 5.78 Å². The second-order valence-electron chi connectivity index (χ2n) is 4.97. The van der Waals surface area contributed by atoms with Crippen LogP contribution >= 0.6 is 0 Å². The van der Waals surface area contributed by atoms with Crippen LogP contribution in [0, 0.1) is 0 Å². The Morgan fingerprint density at radius 3 is 2.16 bits per heavy atom. The van der Waals surface area contributed by atoms with Crippen molar-refractivity contribution in [1.82, 2.24) is 4.90 Å². The lowest BCUT2D eigenvalue weighted by molar-refractivity contribution is -0.136. The van der Waals surface area contributed by atoms with Crippen LogP contribution in [0.1, 0.15) is 58.3 Å². The number of ketones is 1. The molecule has 4 nitrogen and oxygen atoms in total. The van der Waals surface area contributed by atoms with E-state index < -0.39 is 0 Å². The molecule has 1 aliphatic rings. The zero-order valence-corrected chi connectivity index (χ0v) is 11.7. The monoisotopic (exact) mass is 265 g/mol. The summed E-state index contributed by atoms with van der Waals surface area (Å²) in [5.74, 6) is -0.0598. The fourth-order valence-electron chi connectivity index (χ4n) is 2.10. The molecule has 0 aliphatic carbocycles. The molecule has 0 saturated carbocycles. The van der Waals surface area contributed by atoms with Gasteiger partial charge in [-0.1, -0.05) is 26.2 Å². The summed E-state index contributed by atoms with van der Waals surface area (Å²) in [5.41, 5.74) is 0. The van der Waals surface area contributed by atoms with Gasteiger partial charge in [-0.25, -0.2) is 0 Å². The maximum Gasteiger partial charge on any atom is 0.253 e. The van der Waals surface area contributed by atoms with Crippen LogP contribution in [0.15, 0.2) is 12.2 Å². The Labute approximate surface area is 114 Å². The number of nitrogens with zero attached hydrogens (tertiary/aromatic N) is 1. The molecule has 4 heteroatoms. The highest BCUT2D eigenvalue weighted by Crippen LogP contribution is 2.10. The van der Waals surface area contributed by atoms with Gasteiger partial charge in [0.25, 0.3) is 11.8 Å². The maximum atomic E-state index is 11.4. The highest BCUT2D eigenvalue weighted by molar-refractivity contribution is 6.12. The fraction of sp³-hybridized carbons (Fsp3) is 0.667. The first-order chi connectivity index (χ1) is 9.15. The van der Waals surface area contributed by atoms with Gasteiger partial charge in [-0.05, 0) is 19.3 Å². The molecule has 1 heterocycles. The molecule has 0 aromatic rings. The highest BCUT2D eigenvalue weighted by atomic mass is 16.2. The molecule has 1 rings (SSSR count). The van der Waals surface area contributed by atoms with Crippen molar-refractivity contribution >= 4 is 17.6 Å². The van der Waals surface area contributed by atoms with Crippen LogP contribution in [0.25, 0.3) is 0 Å². The van der Waals surface area contributed by atoms with Crippen LogP contribution in [0.4, 0.5) is 0 Å². The lowest BCUT2D eigenvalue weighted by atomic mass is 10.1. The van der Waals surface area contributed by atoms with Crippen LogP contribution in [-0.4, -0.2) is 29.0 Å². The number of hydrogen-bond donors (Lipinski definition) is 0. The molecule has 0 unspecified atom stereocenters. The molecule has 0 radical (unpaired) electrons. The Balaban J connectivity index is 1.98. The number of amides is 2. The molecule has 0 bridgehead atoms. The molecule has 19 heavy (non-hydrogen) atoms. The maximum absolute atomic E-state index is 11.4. The molecule has 0 spiro atoms. The molecule has 2 amide bonds. The third-order valence-corrected chi connectivity index (χ3v) is 3.30. The van der Waals surface area contributed by atoms with Gasteiger partial charge >= 0.3 is 0 Å². The van der Waals surface area contributed by atoms with E-state index >= 15 is 0 Å². The molecule has 0 fully saturated rings. The molecule has 0 aromatic heterocycles. The Morgan fingerprint density at radius 2 is 1.53 bits per heavy atom. The van der Waals surface area contributed by atoms with Crippen molar-refractivity contribution in [2.24, 2.45) is 0 Å². The Hall–Kier alpha value is -1.45. The minimum Gasteiger partial charge on any atom is -0.300 e. The topological polar surface area (TPSA) is 54.5 Å². The van der Waals surface area contributed by atoms with E-state index in [1.165, 1.54) is 17.1 Å². The average Bonchev–Trinajstić information content (AvgIpc) is 2.71. The molecule has 1 aliphatic heterocycles. The van der Waals surface area contributed by atoms with Crippen LogP contribution in [0.2, 0.25) is 0 Å². The minimum atomic E-state index is -0.209. The summed E-state index contributed by atoms with van der Waals surface area (Å²) in [4.78, 5) is 35.2. The Bertz CT molecular complexity index is 342. The van der Waals surface area contributed by atoms with E-state index in [4.69, 9.17) is 0 Å². The largest absolute Gasteiger partial charge is 0.300 e. The van der Waals surface area contributed by atoms with E-state index in [2.05, 4.69) is 6.92 Å². The quantitative estimate of drug-likeness (QED) is 0.450. The van der Waals surface area contributed by atoms with E-state index in [1.807, 2.05) is 0 Å². The van der Waals surface area contributed by atoms with Crippen molar-refractivity contribution in [1.29, 1.82) is 0 Å². The van der Waals surface area contributed by atoms with E-state index in [0.717, 1.165) is 38.5 Å². The van der Waals surface area contributed by atoms with Gasteiger partial charge in [0.05, 0.1) is 0 Å². The lowest BCUT2D eigenvalue weighted by Gasteiger charge is -2.12. The van der Waals surface area contributed by atoms with E-state index in [0.29, 0.717) is 25.2 Å². The summed E-state index contributed by atoms with van der Waals surface area (Å²) < 4.78 is 0. The van der Waals surface area contributed by atoms with E-state index in [1.54, 1.807) is 0 Å². The normalized spacial score (nSPS) is 14.5. The van der Waals surface area contributed by atoms with Crippen molar-refractivity contribution in [3.63, 3.8) is 0 Å². The lowest BCUT2D eigenvalue weighted by Crippen LogP contribution is -2.30. The summed E-state index contributed by atoms with van der Waals surface area (Å²) in [5, 5.41) is 0. The Kier molecular flexibility index (Phi) is 7.08. The minimum absolute atomic E-state index is 0.209. The molecular formula is C15H23NO3. The zero-order valence-electron chi connectivity index (χ0n) is 11.7. The SMILES string of the molecule is CCCCC(=O)CCCCCCN1C(=O)C=CC1=O. The van der Waals surface area contributed by atoms with Gasteiger partial charge in [-0.2, -0.15) is 0 Å². The van der Waals surface area contributed by atoms with Crippen molar-refractivity contribution in [2.75, 3.05) is 6.54 Å². The first kappa shape index (κ1) is 15.6. The van der Waals surface area contributed by atoms with Crippen molar-refractivity contribution in [3.8, 4) is 0 Å². The number of Topliss-reactive ketones (excluding diaryl/α,β-unsaturated/α-hetero) is 1. The van der Waals surface area contributed by atoms with Gasteiger partial charge in [-0.3, -0.25) is 19.3 Å². The predicted molar refractivity (Wildman–Crippen MR) is 73.5 cm³/mol. The second kappa shape index (κ2) is 8.62. The van der Waals surface area contributed by atoms with Crippen LogP contribution in [-0.2, 0) is 14.4 Å². The van der Waals surface area contributed by atoms with Crippen molar-refractivity contribution in [2.45, 2.75) is 58.3 Å². The molecule has 0 aromatic carbocycles. The number of hydrogen-bond acceptors (Lipinski definition) is 3. The first-order valence-electron chi connectivity index (χ1n) is 7.20. The summed E-state index contributed by atoms with van der Waals surface area (Å²) in [6.45, 7) is 2.58. The van der Waals surface area contributed by atoms with Gasteiger partial charge in [-0.15, -0.1) is 0 Å². The number of unbranched alkanes of at least 4 members (excludes halogenated alkanes) is 4. The summed E-state index contributed by atoms with van der Waals surface area (Å²) in [6, 6.07) is 0. The number of carbonyl (C=O) groups excluding carboxylic acids is 3. The standard InChI is InChI=1S/C15H23NO3/c1-2-3-8-13(17)9-6-4-5-7-12-16-14(18)10-11-15(16)19/h10-11H,2-9,12H2,1H3. The number of carbonyl (C=O) groups is 3. The third kappa shape index (κ3) is 5.81. The third-order valence-electron chi connectivity index (χ3n) is 3.30. The summed E-state index contributed by atoms with van der Waals surface area (Å²) in [6.07, 6.45) is 9.75. The Morgan fingerprint density at radius 1 is 0.947 bits per heavy atom. The van der Waals surface area contributed by atoms with E-state index in [-0.39, 0.29) is 11.8 Å². The van der Waals surface area contributed by atoms with Crippen LogP contribution in [0.3, 0.4) is 0 Å². The predicted octanol–water partition coefficient (Wildman–Crippen LogP) is 2.62. The first-order valence-corrected chi connectivity index (χ1v) is 7.20. The molecule has 0 N–H and O–H groups in total. The van der Waals surface area contributed by atoms with E-state index in [9.17, 15) is 14.4 Å². The van der Waals surface area contributed by atoms with Gasteiger partial charge in [0, 0.05) is 31.5 Å². The van der Waals surface area contributed by atoms with Crippen LogP contribution in [0.5, 0.6) is 0 Å². The second-order valence-corrected chi connectivity index (χ2v) is 4.97. The van der Waals surface area contributed by atoms with Gasteiger partial charge in [0.15, 0.2) is 0 Å². The summed E-state index contributed by atoms with van der Waals surface area (Å²) >= 11 is 0. The fourth-order valence-corrected chi connectivity index (χ4v) is 2.10. The van der Waals surface area contributed by atoms with Gasteiger partial charge in [0.2, 0.25) is 0 Å². The van der Waals surface area contributed by atoms with Crippen molar-refractivity contribution < 1.29 is 14.4 Å².